The van der Waals surface area contributed by atoms with Crippen molar-refractivity contribution in [3.8, 4) is 0 Å². The monoisotopic (exact) mass is 279 g/mol. The molecule has 0 bridgehead atoms. The van der Waals surface area contributed by atoms with Gasteiger partial charge in [0.1, 0.15) is 5.76 Å². The van der Waals surface area contributed by atoms with Crippen molar-refractivity contribution in [2.45, 2.75) is 32.4 Å². The highest BCUT2D eigenvalue weighted by molar-refractivity contribution is 5.78. The molecule has 0 spiro atoms. The van der Waals surface area contributed by atoms with Crippen molar-refractivity contribution < 1.29 is 14.0 Å². The van der Waals surface area contributed by atoms with Gasteiger partial charge in [0.25, 0.3) is 0 Å². The Morgan fingerprint density at radius 1 is 1.40 bits per heavy atom. The van der Waals surface area contributed by atoms with Gasteiger partial charge in [-0.05, 0) is 25.0 Å². The third-order valence-electron chi connectivity index (χ3n) is 3.40. The Hall–Kier alpha value is -1.82. The summed E-state index contributed by atoms with van der Waals surface area (Å²) in [5.41, 5.74) is 0. The number of nitrogens with one attached hydrogen (secondary N) is 2. The maximum absolute atomic E-state index is 11.8. The summed E-state index contributed by atoms with van der Waals surface area (Å²) in [6, 6.07) is 3.88. The van der Waals surface area contributed by atoms with Gasteiger partial charge in [-0.1, -0.05) is 0 Å². The number of nitrogens with zero attached hydrogens (tertiary/aromatic N) is 1. The van der Waals surface area contributed by atoms with E-state index in [0.29, 0.717) is 13.1 Å². The average molecular weight is 279 g/mol. The molecular formula is C14H21N3O3. The zero-order chi connectivity index (χ0) is 14.4. The van der Waals surface area contributed by atoms with E-state index >= 15 is 0 Å². The average Bonchev–Trinajstić information content (AvgIpc) is 2.91. The number of carbonyl (C=O) groups excluding carboxylic acids is 2. The Bertz CT molecular complexity index is 437. The Morgan fingerprint density at radius 3 is 2.75 bits per heavy atom. The molecule has 0 unspecified atom stereocenters. The van der Waals surface area contributed by atoms with Crippen LogP contribution in [-0.2, 0) is 16.1 Å². The maximum atomic E-state index is 11.8. The van der Waals surface area contributed by atoms with Crippen LogP contribution in [0.5, 0.6) is 0 Å². The molecule has 1 aromatic heterocycles. The minimum atomic E-state index is -0.000577. The predicted octanol–water partition coefficient (Wildman–Crippen LogP) is 0.496. The summed E-state index contributed by atoms with van der Waals surface area (Å²) in [5.74, 6) is 0.765. The molecule has 0 aromatic carbocycles. The second-order valence-corrected chi connectivity index (χ2v) is 5.11. The molecule has 0 saturated carbocycles. The van der Waals surface area contributed by atoms with Gasteiger partial charge < -0.3 is 15.1 Å². The molecule has 0 radical (unpaired) electrons. The van der Waals surface area contributed by atoms with Gasteiger partial charge >= 0.3 is 0 Å². The molecule has 2 heterocycles. The molecule has 2 amide bonds. The smallest absolute Gasteiger partial charge is 0.234 e. The molecule has 1 aromatic rings. The van der Waals surface area contributed by atoms with Crippen LogP contribution in [0.25, 0.3) is 0 Å². The molecule has 0 aliphatic carbocycles. The molecule has 6 nitrogen and oxygen atoms in total. The fraction of sp³-hybridized carbons (Fsp3) is 0.571. The Balaban J connectivity index is 1.64. The van der Waals surface area contributed by atoms with Gasteiger partial charge in [-0.15, -0.1) is 0 Å². The third kappa shape index (κ3) is 4.70. The van der Waals surface area contributed by atoms with E-state index in [-0.39, 0.29) is 17.9 Å². The molecule has 1 aliphatic heterocycles. The van der Waals surface area contributed by atoms with E-state index < -0.39 is 0 Å². The molecule has 6 heteroatoms. The fourth-order valence-electron chi connectivity index (χ4n) is 2.38. The summed E-state index contributed by atoms with van der Waals surface area (Å²) in [6.07, 6.45) is 3.38. The van der Waals surface area contributed by atoms with E-state index in [9.17, 15) is 9.59 Å². The summed E-state index contributed by atoms with van der Waals surface area (Å²) in [4.78, 5) is 24.9. The molecule has 1 aliphatic rings. The molecular weight excluding hydrogens is 258 g/mol. The van der Waals surface area contributed by atoms with Gasteiger partial charge in [0.2, 0.25) is 11.8 Å². The van der Waals surface area contributed by atoms with Crippen LogP contribution in [0.3, 0.4) is 0 Å². The van der Waals surface area contributed by atoms with Crippen LogP contribution in [-0.4, -0.2) is 42.4 Å². The topological polar surface area (TPSA) is 74.6 Å². The van der Waals surface area contributed by atoms with Gasteiger partial charge in [-0.25, -0.2) is 0 Å². The number of furan rings is 1. The second kappa shape index (κ2) is 7.09. The summed E-state index contributed by atoms with van der Waals surface area (Å²) < 4.78 is 5.16. The molecule has 1 saturated heterocycles. The largest absolute Gasteiger partial charge is 0.467 e. The van der Waals surface area contributed by atoms with E-state index in [1.807, 2.05) is 6.07 Å². The first kappa shape index (κ1) is 14.6. The molecule has 0 atom stereocenters. The maximum Gasteiger partial charge on any atom is 0.234 e. The van der Waals surface area contributed by atoms with Crippen molar-refractivity contribution in [2.75, 3.05) is 19.6 Å². The fourth-order valence-corrected chi connectivity index (χ4v) is 2.38. The Labute approximate surface area is 118 Å². The molecule has 20 heavy (non-hydrogen) atoms. The number of amides is 2. The van der Waals surface area contributed by atoms with Gasteiger partial charge in [-0.3, -0.25) is 14.5 Å². The van der Waals surface area contributed by atoms with E-state index in [1.54, 1.807) is 12.3 Å². The van der Waals surface area contributed by atoms with Crippen LogP contribution < -0.4 is 10.6 Å². The van der Waals surface area contributed by atoms with Crippen LogP contribution in [0.15, 0.2) is 22.8 Å². The number of carbonyl (C=O) groups is 2. The van der Waals surface area contributed by atoms with Crippen LogP contribution in [0.1, 0.15) is 25.5 Å². The molecule has 2 N–H and O–H groups in total. The quantitative estimate of drug-likeness (QED) is 0.823. The SMILES string of the molecule is CC(=O)NC1CCN(CC(=O)NCc2ccco2)CC1. The van der Waals surface area contributed by atoms with Gasteiger partial charge in [0, 0.05) is 26.1 Å². The molecule has 110 valence electrons. The molecule has 1 fully saturated rings. The van der Waals surface area contributed by atoms with E-state index in [4.69, 9.17) is 4.42 Å². The highest BCUT2D eigenvalue weighted by Gasteiger charge is 2.21. The standard InChI is InChI=1S/C14H21N3O3/c1-11(18)16-12-4-6-17(7-5-12)10-14(19)15-9-13-3-2-8-20-13/h2-3,8,12H,4-7,9-10H2,1H3,(H,15,19)(H,16,18). The van der Waals surface area contributed by atoms with Crippen molar-refractivity contribution in [2.24, 2.45) is 0 Å². The minimum absolute atomic E-state index is 0.000577. The lowest BCUT2D eigenvalue weighted by Gasteiger charge is -2.31. The first-order valence-corrected chi connectivity index (χ1v) is 6.92. The first-order chi connectivity index (χ1) is 9.63. The summed E-state index contributed by atoms with van der Waals surface area (Å²) in [7, 11) is 0. The highest BCUT2D eigenvalue weighted by Crippen LogP contribution is 2.09. The predicted molar refractivity (Wildman–Crippen MR) is 73.8 cm³/mol. The van der Waals surface area contributed by atoms with Gasteiger partial charge in [-0.2, -0.15) is 0 Å². The van der Waals surface area contributed by atoms with Crippen molar-refractivity contribution >= 4 is 11.8 Å². The van der Waals surface area contributed by atoms with Gasteiger partial charge in [0.05, 0.1) is 19.4 Å². The second-order valence-electron chi connectivity index (χ2n) is 5.11. The Morgan fingerprint density at radius 2 is 2.15 bits per heavy atom. The van der Waals surface area contributed by atoms with Crippen LogP contribution in [0.4, 0.5) is 0 Å². The van der Waals surface area contributed by atoms with Gasteiger partial charge in [0.15, 0.2) is 0 Å². The summed E-state index contributed by atoms with van der Waals surface area (Å²) >= 11 is 0. The van der Waals surface area contributed by atoms with Crippen molar-refractivity contribution in [3.05, 3.63) is 24.2 Å². The first-order valence-electron chi connectivity index (χ1n) is 6.92. The van der Waals surface area contributed by atoms with E-state index in [2.05, 4.69) is 15.5 Å². The summed E-state index contributed by atoms with van der Waals surface area (Å²) in [6.45, 7) is 4.02. The van der Waals surface area contributed by atoms with Crippen LogP contribution in [0.2, 0.25) is 0 Å². The van der Waals surface area contributed by atoms with E-state index in [1.165, 1.54) is 6.92 Å². The minimum Gasteiger partial charge on any atom is -0.467 e. The number of hydrogen-bond donors (Lipinski definition) is 2. The lowest BCUT2D eigenvalue weighted by molar-refractivity contribution is -0.123. The van der Waals surface area contributed by atoms with Crippen molar-refractivity contribution in [1.29, 1.82) is 0 Å². The van der Waals surface area contributed by atoms with Crippen molar-refractivity contribution in [1.82, 2.24) is 15.5 Å². The lowest BCUT2D eigenvalue weighted by Crippen LogP contribution is -2.46. The summed E-state index contributed by atoms with van der Waals surface area (Å²) in [5, 5.41) is 5.75. The number of piperidine rings is 1. The number of hydrogen-bond acceptors (Lipinski definition) is 4. The van der Waals surface area contributed by atoms with Crippen LogP contribution >= 0.6 is 0 Å². The lowest BCUT2D eigenvalue weighted by atomic mass is 10.1. The zero-order valence-corrected chi connectivity index (χ0v) is 11.7. The van der Waals surface area contributed by atoms with Crippen molar-refractivity contribution in [3.63, 3.8) is 0 Å². The highest BCUT2D eigenvalue weighted by atomic mass is 16.3. The van der Waals surface area contributed by atoms with Crippen LogP contribution in [0, 0.1) is 0 Å². The third-order valence-corrected chi connectivity index (χ3v) is 3.40. The number of rotatable bonds is 5. The molecule has 2 rings (SSSR count). The van der Waals surface area contributed by atoms with E-state index in [0.717, 1.165) is 31.7 Å². The normalized spacial score (nSPS) is 16.9. The Kier molecular flexibility index (Phi) is 5.17. The number of likely N-dealkylation sites (tertiary alicyclic amines) is 1. The zero-order valence-electron chi connectivity index (χ0n) is 11.7.